The number of rotatable bonds is 4. The second kappa shape index (κ2) is 6.75. The molecule has 0 aliphatic heterocycles. The Morgan fingerprint density at radius 3 is 2.72 bits per heavy atom. The molecule has 0 atom stereocenters. The summed E-state index contributed by atoms with van der Waals surface area (Å²) < 4.78 is 0. The fraction of sp³-hybridized carbons (Fsp3) is 0.615. The van der Waals surface area contributed by atoms with Gasteiger partial charge in [-0.05, 0) is 31.4 Å². The Hall–Kier alpha value is -1.07. The number of guanidine groups is 1. The molecule has 0 spiro atoms. The summed E-state index contributed by atoms with van der Waals surface area (Å²) in [5.74, 6) is 6.22. The molecular weight excluding hydrogens is 244 g/mol. The molecule has 0 unspecified atom stereocenters. The third-order valence-corrected chi connectivity index (χ3v) is 4.51. The second-order valence-corrected chi connectivity index (χ2v) is 5.91. The lowest BCUT2D eigenvalue weighted by Crippen LogP contribution is -2.45. The minimum atomic E-state index is 0.536. The van der Waals surface area contributed by atoms with E-state index in [0.717, 1.165) is 6.42 Å². The normalized spacial score (nSPS) is 17.1. The van der Waals surface area contributed by atoms with E-state index in [2.05, 4.69) is 34.8 Å². The molecule has 0 radical (unpaired) electrons. The van der Waals surface area contributed by atoms with Crippen LogP contribution in [0.15, 0.2) is 17.1 Å². The first-order valence-corrected chi connectivity index (χ1v) is 7.48. The van der Waals surface area contributed by atoms with Crippen LogP contribution in [0.4, 0.5) is 0 Å². The van der Waals surface area contributed by atoms with Crippen LogP contribution < -0.4 is 16.6 Å². The molecule has 1 saturated carbocycles. The van der Waals surface area contributed by atoms with Crippen molar-refractivity contribution in [1.29, 1.82) is 0 Å². The van der Waals surface area contributed by atoms with E-state index in [1.165, 1.54) is 35.4 Å². The fourth-order valence-electron chi connectivity index (χ4n) is 2.25. The Labute approximate surface area is 113 Å². The van der Waals surface area contributed by atoms with E-state index in [0.29, 0.717) is 18.5 Å². The summed E-state index contributed by atoms with van der Waals surface area (Å²) >= 11 is 1.82. The molecule has 0 amide bonds. The largest absolute Gasteiger partial charge is 0.353 e. The van der Waals surface area contributed by atoms with Gasteiger partial charge >= 0.3 is 0 Å². The van der Waals surface area contributed by atoms with Crippen molar-refractivity contribution in [2.45, 2.75) is 51.6 Å². The van der Waals surface area contributed by atoms with Crippen molar-refractivity contribution in [1.82, 2.24) is 10.7 Å². The van der Waals surface area contributed by atoms with Crippen molar-refractivity contribution >= 4 is 17.3 Å². The predicted octanol–water partition coefficient (Wildman–Crippen LogP) is 2.16. The fourth-order valence-corrected chi connectivity index (χ4v) is 3.13. The molecule has 4 N–H and O–H groups in total. The first-order chi connectivity index (χ1) is 8.81. The number of aryl methyl sites for hydroxylation is 1. The Morgan fingerprint density at radius 1 is 1.39 bits per heavy atom. The van der Waals surface area contributed by atoms with Crippen LogP contribution in [-0.4, -0.2) is 12.0 Å². The summed E-state index contributed by atoms with van der Waals surface area (Å²) in [5, 5.41) is 3.38. The van der Waals surface area contributed by atoms with E-state index >= 15 is 0 Å². The molecule has 100 valence electrons. The lowest BCUT2D eigenvalue weighted by atomic mass is 10.2. The number of hydrogen-bond donors (Lipinski definition) is 3. The highest BCUT2D eigenvalue weighted by molar-refractivity contribution is 7.11. The molecule has 1 heterocycles. The van der Waals surface area contributed by atoms with Crippen LogP contribution in [0.1, 0.15) is 42.4 Å². The maximum absolute atomic E-state index is 5.51. The van der Waals surface area contributed by atoms with E-state index < -0.39 is 0 Å². The van der Waals surface area contributed by atoms with Crippen molar-refractivity contribution in [3.63, 3.8) is 0 Å². The highest BCUT2D eigenvalue weighted by Crippen LogP contribution is 2.18. The standard InChI is InChI=1S/C13H22N4S/c1-2-11-7-8-12(18-11)9-15-13(17-14)16-10-5-3-4-6-10/h7-8,10H,2-6,9,14H2,1H3,(H2,15,16,17). The van der Waals surface area contributed by atoms with Gasteiger partial charge in [0, 0.05) is 15.8 Å². The van der Waals surface area contributed by atoms with Gasteiger partial charge in [0.25, 0.3) is 0 Å². The Kier molecular flexibility index (Phi) is 5.01. The van der Waals surface area contributed by atoms with Crippen LogP contribution in [0.25, 0.3) is 0 Å². The lowest BCUT2D eigenvalue weighted by Gasteiger charge is -2.14. The van der Waals surface area contributed by atoms with Gasteiger partial charge in [-0.1, -0.05) is 19.8 Å². The summed E-state index contributed by atoms with van der Waals surface area (Å²) in [6, 6.07) is 4.86. The Bertz CT molecular complexity index is 393. The number of nitrogens with zero attached hydrogens (tertiary/aromatic N) is 1. The van der Waals surface area contributed by atoms with E-state index in [-0.39, 0.29) is 0 Å². The molecule has 0 saturated heterocycles. The van der Waals surface area contributed by atoms with Gasteiger partial charge in [-0.3, -0.25) is 5.43 Å². The van der Waals surface area contributed by atoms with Crippen molar-refractivity contribution in [2.75, 3.05) is 0 Å². The number of nitrogens with one attached hydrogen (secondary N) is 2. The molecule has 1 aliphatic rings. The average Bonchev–Trinajstić information content (AvgIpc) is 3.05. The molecule has 1 aromatic heterocycles. The Morgan fingerprint density at radius 2 is 2.11 bits per heavy atom. The van der Waals surface area contributed by atoms with Crippen molar-refractivity contribution in [3.05, 3.63) is 21.9 Å². The van der Waals surface area contributed by atoms with E-state index in [1.54, 1.807) is 0 Å². The smallest absolute Gasteiger partial charge is 0.206 e. The first-order valence-electron chi connectivity index (χ1n) is 6.67. The predicted molar refractivity (Wildman–Crippen MR) is 77.6 cm³/mol. The van der Waals surface area contributed by atoms with Gasteiger partial charge in [0.1, 0.15) is 0 Å². The van der Waals surface area contributed by atoms with Gasteiger partial charge in [-0.25, -0.2) is 10.8 Å². The van der Waals surface area contributed by atoms with Gasteiger partial charge in [0.05, 0.1) is 6.54 Å². The van der Waals surface area contributed by atoms with Gasteiger partial charge < -0.3 is 5.32 Å². The highest BCUT2D eigenvalue weighted by Gasteiger charge is 2.15. The van der Waals surface area contributed by atoms with Crippen molar-refractivity contribution < 1.29 is 0 Å². The average molecular weight is 266 g/mol. The van der Waals surface area contributed by atoms with Gasteiger partial charge in [0.15, 0.2) is 0 Å². The van der Waals surface area contributed by atoms with E-state index in [4.69, 9.17) is 5.84 Å². The zero-order valence-electron chi connectivity index (χ0n) is 10.9. The lowest BCUT2D eigenvalue weighted by molar-refractivity contribution is 0.614. The maximum Gasteiger partial charge on any atom is 0.206 e. The minimum Gasteiger partial charge on any atom is -0.353 e. The summed E-state index contributed by atoms with van der Waals surface area (Å²) in [6.45, 7) is 2.87. The second-order valence-electron chi connectivity index (χ2n) is 4.66. The molecule has 4 nitrogen and oxygen atoms in total. The number of thiophene rings is 1. The third kappa shape index (κ3) is 3.71. The number of aliphatic imine (C=N–C) groups is 1. The highest BCUT2D eigenvalue weighted by atomic mass is 32.1. The number of nitrogens with two attached hydrogens (primary N) is 1. The van der Waals surface area contributed by atoms with Crippen LogP contribution >= 0.6 is 11.3 Å². The summed E-state index contributed by atoms with van der Waals surface area (Å²) in [5.41, 5.74) is 2.66. The summed E-state index contributed by atoms with van der Waals surface area (Å²) in [6.07, 6.45) is 6.15. The first kappa shape index (κ1) is 13.4. The minimum absolute atomic E-state index is 0.536. The molecule has 2 rings (SSSR count). The zero-order chi connectivity index (χ0) is 12.8. The van der Waals surface area contributed by atoms with Crippen LogP contribution in [-0.2, 0) is 13.0 Å². The van der Waals surface area contributed by atoms with Crippen LogP contribution in [0.3, 0.4) is 0 Å². The molecule has 0 aromatic carbocycles. The Balaban J connectivity index is 1.88. The molecule has 1 fully saturated rings. The van der Waals surface area contributed by atoms with Crippen LogP contribution in [0, 0.1) is 0 Å². The van der Waals surface area contributed by atoms with E-state index in [9.17, 15) is 0 Å². The van der Waals surface area contributed by atoms with Crippen molar-refractivity contribution in [3.8, 4) is 0 Å². The molecule has 0 bridgehead atoms. The van der Waals surface area contributed by atoms with Gasteiger partial charge in [0.2, 0.25) is 5.96 Å². The van der Waals surface area contributed by atoms with Crippen molar-refractivity contribution in [2.24, 2.45) is 10.8 Å². The van der Waals surface area contributed by atoms with Gasteiger partial charge in [-0.2, -0.15) is 0 Å². The molecule has 1 aliphatic carbocycles. The van der Waals surface area contributed by atoms with Crippen LogP contribution in [0.2, 0.25) is 0 Å². The SMILES string of the molecule is CCc1ccc(CN=C(NN)NC2CCCC2)s1. The third-order valence-electron chi connectivity index (χ3n) is 3.29. The summed E-state index contributed by atoms with van der Waals surface area (Å²) in [7, 11) is 0. The summed E-state index contributed by atoms with van der Waals surface area (Å²) in [4.78, 5) is 7.20. The van der Waals surface area contributed by atoms with E-state index in [1.807, 2.05) is 11.3 Å². The number of hydrazine groups is 1. The quantitative estimate of drug-likeness (QED) is 0.339. The topological polar surface area (TPSA) is 62.4 Å². The molecule has 18 heavy (non-hydrogen) atoms. The molecule has 1 aromatic rings. The van der Waals surface area contributed by atoms with Gasteiger partial charge in [-0.15, -0.1) is 11.3 Å². The maximum atomic E-state index is 5.51. The monoisotopic (exact) mass is 266 g/mol. The number of hydrogen-bond acceptors (Lipinski definition) is 3. The molecule has 5 heteroatoms. The molecular formula is C13H22N4S. The zero-order valence-corrected chi connectivity index (χ0v) is 11.7. The van der Waals surface area contributed by atoms with Crippen LogP contribution in [0.5, 0.6) is 0 Å².